The smallest absolute Gasteiger partial charge is 0.190 e. The average molecular weight is 286 g/mol. The molecule has 1 aromatic heterocycles. The first-order valence-corrected chi connectivity index (χ1v) is 7.82. The van der Waals surface area contributed by atoms with Gasteiger partial charge in [0.25, 0.3) is 0 Å². The van der Waals surface area contributed by atoms with Crippen LogP contribution in [0.5, 0.6) is 0 Å². The molecule has 1 aromatic carbocycles. The normalized spacial score (nSPS) is 11.9. The van der Waals surface area contributed by atoms with Gasteiger partial charge in [0.15, 0.2) is 5.96 Å². The molecule has 0 spiro atoms. The second-order valence-corrected chi connectivity index (χ2v) is 5.18. The van der Waals surface area contributed by atoms with Crippen LogP contribution in [0.1, 0.15) is 31.4 Å². The first-order valence-electron chi connectivity index (χ1n) is 7.82. The number of nitrogens with zero attached hydrogens (tertiary/aromatic N) is 1. The van der Waals surface area contributed by atoms with Crippen LogP contribution in [0.3, 0.4) is 0 Å². The summed E-state index contributed by atoms with van der Waals surface area (Å²) in [5, 5.41) is 7.99. The third-order valence-electron chi connectivity index (χ3n) is 3.72. The predicted octanol–water partition coefficient (Wildman–Crippen LogP) is 2.85. The number of aryl methyl sites for hydroxylation is 1. The number of guanidine groups is 1. The van der Waals surface area contributed by atoms with E-state index in [0.717, 1.165) is 38.3 Å². The Hall–Kier alpha value is -1.97. The summed E-state index contributed by atoms with van der Waals surface area (Å²) in [6, 6.07) is 6.54. The van der Waals surface area contributed by atoms with Crippen LogP contribution < -0.4 is 10.6 Å². The van der Waals surface area contributed by atoms with Gasteiger partial charge in [-0.25, -0.2) is 0 Å². The molecule has 0 aliphatic carbocycles. The molecule has 0 fully saturated rings. The van der Waals surface area contributed by atoms with Gasteiger partial charge in [0.1, 0.15) is 0 Å². The van der Waals surface area contributed by atoms with Crippen LogP contribution in [0, 0.1) is 0 Å². The fourth-order valence-electron chi connectivity index (χ4n) is 2.56. The van der Waals surface area contributed by atoms with Crippen LogP contribution in [-0.2, 0) is 12.8 Å². The second-order valence-electron chi connectivity index (χ2n) is 5.18. The number of rotatable bonds is 6. The molecule has 2 rings (SSSR count). The summed E-state index contributed by atoms with van der Waals surface area (Å²) in [4.78, 5) is 7.64. The number of benzene rings is 1. The third-order valence-corrected chi connectivity index (χ3v) is 3.72. The number of para-hydroxylation sites is 1. The average Bonchev–Trinajstić information content (AvgIpc) is 2.94. The lowest BCUT2D eigenvalue weighted by atomic mass is 10.1. The van der Waals surface area contributed by atoms with Gasteiger partial charge < -0.3 is 15.6 Å². The second kappa shape index (κ2) is 7.72. The van der Waals surface area contributed by atoms with E-state index >= 15 is 0 Å². The summed E-state index contributed by atoms with van der Waals surface area (Å²) in [6.45, 7) is 6.18. The van der Waals surface area contributed by atoms with Crippen molar-refractivity contribution in [2.24, 2.45) is 4.99 Å². The molecule has 0 atom stereocenters. The highest BCUT2D eigenvalue weighted by atomic mass is 15.2. The Morgan fingerprint density at radius 3 is 2.67 bits per heavy atom. The Balaban J connectivity index is 1.98. The van der Waals surface area contributed by atoms with E-state index in [1.807, 2.05) is 7.05 Å². The van der Waals surface area contributed by atoms with Crippen LogP contribution in [0.15, 0.2) is 29.4 Å². The van der Waals surface area contributed by atoms with Crippen molar-refractivity contribution in [1.82, 2.24) is 15.6 Å². The van der Waals surface area contributed by atoms with Crippen LogP contribution in [0.2, 0.25) is 0 Å². The van der Waals surface area contributed by atoms with Crippen molar-refractivity contribution in [1.29, 1.82) is 0 Å². The minimum atomic E-state index is 0.880. The van der Waals surface area contributed by atoms with Gasteiger partial charge in [0, 0.05) is 37.2 Å². The van der Waals surface area contributed by atoms with Crippen molar-refractivity contribution in [3.05, 3.63) is 35.5 Å². The monoisotopic (exact) mass is 286 g/mol. The number of aromatic nitrogens is 1. The van der Waals surface area contributed by atoms with Crippen molar-refractivity contribution in [2.45, 2.75) is 33.1 Å². The molecular weight excluding hydrogens is 260 g/mol. The molecule has 0 unspecified atom stereocenters. The molecule has 21 heavy (non-hydrogen) atoms. The van der Waals surface area contributed by atoms with Crippen molar-refractivity contribution < 1.29 is 0 Å². The molecule has 0 saturated carbocycles. The Labute approximate surface area is 127 Å². The summed E-state index contributed by atoms with van der Waals surface area (Å²) in [5.41, 5.74) is 4.02. The summed E-state index contributed by atoms with van der Waals surface area (Å²) >= 11 is 0. The van der Waals surface area contributed by atoms with Gasteiger partial charge in [-0.05, 0) is 30.4 Å². The van der Waals surface area contributed by atoms with E-state index in [0.29, 0.717) is 0 Å². The molecule has 0 radical (unpaired) electrons. The largest absolute Gasteiger partial charge is 0.361 e. The van der Waals surface area contributed by atoms with Crippen molar-refractivity contribution >= 4 is 16.9 Å². The molecule has 0 saturated heterocycles. The number of aliphatic imine (C=N–C) groups is 1. The lowest BCUT2D eigenvalue weighted by Gasteiger charge is -2.10. The maximum atomic E-state index is 4.22. The highest BCUT2D eigenvalue weighted by Crippen LogP contribution is 2.22. The molecule has 4 heteroatoms. The molecule has 114 valence electrons. The Morgan fingerprint density at radius 2 is 1.95 bits per heavy atom. The van der Waals surface area contributed by atoms with E-state index in [1.165, 1.54) is 22.0 Å². The molecule has 0 amide bonds. The molecule has 0 aliphatic heterocycles. The van der Waals surface area contributed by atoms with E-state index in [1.54, 1.807) is 0 Å². The number of aromatic amines is 1. The first kappa shape index (κ1) is 15.4. The van der Waals surface area contributed by atoms with Crippen molar-refractivity contribution in [3.63, 3.8) is 0 Å². The van der Waals surface area contributed by atoms with Gasteiger partial charge in [-0.3, -0.25) is 4.99 Å². The maximum Gasteiger partial charge on any atom is 0.190 e. The zero-order valence-corrected chi connectivity index (χ0v) is 13.3. The molecule has 4 nitrogen and oxygen atoms in total. The number of hydrogen-bond acceptors (Lipinski definition) is 1. The van der Waals surface area contributed by atoms with Crippen LogP contribution in [-0.4, -0.2) is 31.1 Å². The number of nitrogens with one attached hydrogen (secondary N) is 3. The van der Waals surface area contributed by atoms with E-state index in [4.69, 9.17) is 0 Å². The summed E-state index contributed by atoms with van der Waals surface area (Å²) in [7, 11) is 1.81. The fraction of sp³-hybridized carbons (Fsp3) is 0.471. The van der Waals surface area contributed by atoms with E-state index < -0.39 is 0 Å². The van der Waals surface area contributed by atoms with Crippen LogP contribution in [0.4, 0.5) is 0 Å². The van der Waals surface area contributed by atoms with Crippen molar-refractivity contribution in [2.75, 3.05) is 20.1 Å². The Bertz CT molecular complexity index is 598. The van der Waals surface area contributed by atoms with E-state index in [2.05, 4.69) is 58.9 Å². The van der Waals surface area contributed by atoms with Gasteiger partial charge in [-0.15, -0.1) is 0 Å². The SMILES string of the molecule is CCCNC(=NC)NCCc1c[nH]c2c(CC)cccc12. The standard InChI is InChI=1S/C17H26N4/c1-4-10-19-17(18-3)20-11-9-14-12-21-16-13(5-2)7-6-8-15(14)16/h6-8,12,21H,4-5,9-11H2,1-3H3,(H2,18,19,20). The van der Waals surface area contributed by atoms with Crippen LogP contribution in [0.25, 0.3) is 10.9 Å². The van der Waals surface area contributed by atoms with Gasteiger partial charge in [-0.2, -0.15) is 0 Å². The number of fused-ring (bicyclic) bond motifs is 1. The fourth-order valence-corrected chi connectivity index (χ4v) is 2.56. The minimum Gasteiger partial charge on any atom is -0.361 e. The first-order chi connectivity index (χ1) is 10.3. The Morgan fingerprint density at radius 1 is 1.14 bits per heavy atom. The van der Waals surface area contributed by atoms with Gasteiger partial charge in [0.05, 0.1) is 0 Å². The van der Waals surface area contributed by atoms with Crippen LogP contribution >= 0.6 is 0 Å². The molecular formula is C17H26N4. The molecule has 2 aromatic rings. The molecule has 0 bridgehead atoms. The number of H-pyrrole nitrogens is 1. The Kier molecular flexibility index (Phi) is 5.67. The van der Waals surface area contributed by atoms with Gasteiger partial charge in [-0.1, -0.05) is 32.0 Å². The number of hydrogen-bond donors (Lipinski definition) is 3. The highest BCUT2D eigenvalue weighted by molar-refractivity contribution is 5.86. The van der Waals surface area contributed by atoms with E-state index in [9.17, 15) is 0 Å². The van der Waals surface area contributed by atoms with Gasteiger partial charge >= 0.3 is 0 Å². The maximum absolute atomic E-state index is 4.22. The lowest BCUT2D eigenvalue weighted by molar-refractivity contribution is 0.775. The van der Waals surface area contributed by atoms with Crippen molar-refractivity contribution in [3.8, 4) is 0 Å². The highest BCUT2D eigenvalue weighted by Gasteiger charge is 2.06. The lowest BCUT2D eigenvalue weighted by Crippen LogP contribution is -2.38. The third kappa shape index (κ3) is 3.78. The summed E-state index contributed by atoms with van der Waals surface area (Å²) in [5.74, 6) is 0.880. The van der Waals surface area contributed by atoms with Gasteiger partial charge in [0.2, 0.25) is 0 Å². The molecule has 1 heterocycles. The summed E-state index contributed by atoms with van der Waals surface area (Å²) in [6.07, 6.45) is 5.28. The summed E-state index contributed by atoms with van der Waals surface area (Å²) < 4.78 is 0. The zero-order chi connectivity index (χ0) is 15.1. The molecule has 3 N–H and O–H groups in total. The minimum absolute atomic E-state index is 0.880. The molecule has 0 aliphatic rings. The topological polar surface area (TPSA) is 52.2 Å². The predicted molar refractivity (Wildman–Crippen MR) is 91.0 cm³/mol. The quantitative estimate of drug-likeness (QED) is 0.565. The zero-order valence-electron chi connectivity index (χ0n) is 13.3. The van der Waals surface area contributed by atoms with E-state index in [-0.39, 0.29) is 0 Å².